The van der Waals surface area contributed by atoms with Crippen molar-refractivity contribution in [2.45, 2.75) is 27.2 Å². The van der Waals surface area contributed by atoms with Crippen LogP contribution in [0.2, 0.25) is 0 Å². The SMILES string of the molecule is Cc1cc(-n2nc(C)c(CC(=O)O)c2C)ccc1[N+](=O)[O-]. The van der Waals surface area contributed by atoms with E-state index in [0.29, 0.717) is 22.5 Å². The van der Waals surface area contributed by atoms with Crippen LogP contribution in [0.5, 0.6) is 0 Å². The van der Waals surface area contributed by atoms with Crippen molar-refractivity contribution in [1.29, 1.82) is 0 Å². The van der Waals surface area contributed by atoms with Crippen LogP contribution >= 0.6 is 0 Å². The lowest BCUT2D eigenvalue weighted by Gasteiger charge is -2.06. The fourth-order valence-electron chi connectivity index (χ4n) is 2.31. The van der Waals surface area contributed by atoms with E-state index >= 15 is 0 Å². The number of aryl methyl sites for hydroxylation is 2. The summed E-state index contributed by atoms with van der Waals surface area (Å²) in [4.78, 5) is 21.3. The van der Waals surface area contributed by atoms with E-state index in [1.54, 1.807) is 37.6 Å². The Hall–Kier alpha value is -2.70. The topological polar surface area (TPSA) is 98.3 Å². The molecule has 0 amide bonds. The summed E-state index contributed by atoms with van der Waals surface area (Å²) >= 11 is 0. The lowest BCUT2D eigenvalue weighted by atomic mass is 10.1. The first-order valence-corrected chi connectivity index (χ1v) is 6.33. The fraction of sp³-hybridized carbons (Fsp3) is 0.286. The average Bonchev–Trinajstić information content (AvgIpc) is 2.65. The van der Waals surface area contributed by atoms with Crippen molar-refractivity contribution >= 4 is 11.7 Å². The number of aliphatic carboxylic acids is 1. The van der Waals surface area contributed by atoms with Crippen molar-refractivity contribution in [2.24, 2.45) is 0 Å². The number of hydrogen-bond donors (Lipinski definition) is 1. The van der Waals surface area contributed by atoms with E-state index in [4.69, 9.17) is 5.11 Å². The van der Waals surface area contributed by atoms with Crippen LogP contribution in [0.15, 0.2) is 18.2 Å². The Kier molecular flexibility index (Phi) is 3.75. The average molecular weight is 289 g/mol. The first-order chi connectivity index (χ1) is 9.81. The molecule has 1 aromatic carbocycles. The van der Waals surface area contributed by atoms with E-state index in [0.717, 1.165) is 5.69 Å². The number of carboxylic acid groups (broad SMARTS) is 1. The highest BCUT2D eigenvalue weighted by Crippen LogP contribution is 2.23. The van der Waals surface area contributed by atoms with Crippen molar-refractivity contribution in [3.05, 3.63) is 50.8 Å². The lowest BCUT2D eigenvalue weighted by Crippen LogP contribution is -2.04. The molecule has 0 bridgehead atoms. The lowest BCUT2D eigenvalue weighted by molar-refractivity contribution is -0.385. The first-order valence-electron chi connectivity index (χ1n) is 6.33. The number of carboxylic acids is 1. The Bertz CT molecular complexity index is 734. The Morgan fingerprint density at radius 3 is 2.57 bits per heavy atom. The molecule has 1 aromatic heterocycles. The second kappa shape index (κ2) is 5.35. The van der Waals surface area contributed by atoms with E-state index in [-0.39, 0.29) is 12.1 Å². The van der Waals surface area contributed by atoms with Crippen LogP contribution in [0.25, 0.3) is 5.69 Å². The molecule has 21 heavy (non-hydrogen) atoms. The number of benzene rings is 1. The van der Waals surface area contributed by atoms with Crippen LogP contribution in [0.4, 0.5) is 5.69 Å². The van der Waals surface area contributed by atoms with E-state index in [9.17, 15) is 14.9 Å². The normalized spacial score (nSPS) is 10.6. The molecule has 1 heterocycles. The fourth-order valence-corrected chi connectivity index (χ4v) is 2.31. The molecule has 7 nitrogen and oxygen atoms in total. The quantitative estimate of drug-likeness (QED) is 0.688. The summed E-state index contributed by atoms with van der Waals surface area (Å²) in [6, 6.07) is 4.70. The van der Waals surface area contributed by atoms with Crippen LogP contribution in [-0.4, -0.2) is 25.8 Å². The number of aromatic nitrogens is 2. The minimum Gasteiger partial charge on any atom is -0.481 e. The smallest absolute Gasteiger partial charge is 0.307 e. The first kappa shape index (κ1) is 14.7. The molecular formula is C14H15N3O4. The molecule has 0 fully saturated rings. The Balaban J connectivity index is 2.50. The van der Waals surface area contributed by atoms with Crippen molar-refractivity contribution in [3.63, 3.8) is 0 Å². The number of nitro groups is 1. The molecule has 0 aliphatic rings. The van der Waals surface area contributed by atoms with Gasteiger partial charge in [-0.2, -0.15) is 5.10 Å². The maximum atomic E-state index is 10.9. The number of rotatable bonds is 4. The molecule has 0 aliphatic carbocycles. The molecule has 2 rings (SSSR count). The highest BCUT2D eigenvalue weighted by molar-refractivity contribution is 5.71. The van der Waals surface area contributed by atoms with Gasteiger partial charge in [0.25, 0.3) is 5.69 Å². The van der Waals surface area contributed by atoms with Crippen LogP contribution in [0.1, 0.15) is 22.5 Å². The Labute approximate surface area is 121 Å². The van der Waals surface area contributed by atoms with Gasteiger partial charge in [-0.25, -0.2) is 4.68 Å². The zero-order chi connectivity index (χ0) is 15.7. The van der Waals surface area contributed by atoms with Crippen molar-refractivity contribution in [2.75, 3.05) is 0 Å². The molecule has 0 saturated carbocycles. The summed E-state index contributed by atoms with van der Waals surface area (Å²) in [7, 11) is 0. The minimum atomic E-state index is -0.916. The van der Waals surface area contributed by atoms with Gasteiger partial charge in [0.05, 0.1) is 22.7 Å². The third kappa shape index (κ3) is 2.76. The summed E-state index contributed by atoms with van der Waals surface area (Å²) in [5.74, 6) is -0.916. The molecule has 0 saturated heterocycles. The third-order valence-corrected chi connectivity index (χ3v) is 3.39. The highest BCUT2D eigenvalue weighted by atomic mass is 16.6. The van der Waals surface area contributed by atoms with Crippen molar-refractivity contribution in [3.8, 4) is 5.69 Å². The van der Waals surface area contributed by atoms with Gasteiger partial charge >= 0.3 is 5.97 Å². The highest BCUT2D eigenvalue weighted by Gasteiger charge is 2.17. The van der Waals surface area contributed by atoms with Gasteiger partial charge in [0.1, 0.15) is 0 Å². The summed E-state index contributed by atoms with van der Waals surface area (Å²) in [5, 5.41) is 24.1. The molecule has 0 atom stereocenters. The Morgan fingerprint density at radius 2 is 2.05 bits per heavy atom. The van der Waals surface area contributed by atoms with Gasteiger partial charge in [0.2, 0.25) is 0 Å². The maximum Gasteiger partial charge on any atom is 0.307 e. The van der Waals surface area contributed by atoms with Crippen LogP contribution in [-0.2, 0) is 11.2 Å². The van der Waals surface area contributed by atoms with Gasteiger partial charge in [0.15, 0.2) is 0 Å². The molecule has 2 aromatic rings. The number of hydrogen-bond acceptors (Lipinski definition) is 4. The van der Waals surface area contributed by atoms with Crippen LogP contribution in [0.3, 0.4) is 0 Å². The van der Waals surface area contributed by atoms with Crippen LogP contribution < -0.4 is 0 Å². The van der Waals surface area contributed by atoms with Crippen LogP contribution in [0, 0.1) is 30.9 Å². The zero-order valence-corrected chi connectivity index (χ0v) is 12.0. The summed E-state index contributed by atoms with van der Waals surface area (Å²) in [5.41, 5.74) is 3.29. The van der Waals surface area contributed by atoms with E-state index < -0.39 is 10.9 Å². The minimum absolute atomic E-state index is 0.0473. The van der Waals surface area contributed by atoms with E-state index in [2.05, 4.69) is 5.10 Å². The molecule has 110 valence electrons. The summed E-state index contributed by atoms with van der Waals surface area (Å²) in [6.45, 7) is 5.19. The molecule has 0 spiro atoms. The Morgan fingerprint density at radius 1 is 1.38 bits per heavy atom. The van der Waals surface area contributed by atoms with Gasteiger partial charge in [-0.3, -0.25) is 14.9 Å². The number of nitro benzene ring substituents is 1. The van der Waals surface area contributed by atoms with Gasteiger partial charge in [-0.15, -0.1) is 0 Å². The predicted octanol–water partition coefficient (Wildman–Crippen LogP) is 2.33. The zero-order valence-electron chi connectivity index (χ0n) is 12.0. The summed E-state index contributed by atoms with van der Waals surface area (Å²) < 4.78 is 1.62. The number of nitrogens with zero attached hydrogens (tertiary/aromatic N) is 3. The van der Waals surface area contributed by atoms with Gasteiger partial charge in [-0.1, -0.05) is 0 Å². The molecule has 1 N–H and O–H groups in total. The third-order valence-electron chi connectivity index (χ3n) is 3.39. The van der Waals surface area contributed by atoms with Crippen molar-refractivity contribution < 1.29 is 14.8 Å². The molecule has 0 radical (unpaired) electrons. The standard InChI is InChI=1S/C14H15N3O4/c1-8-6-11(4-5-13(8)17(20)21)16-10(3)12(7-14(18)19)9(2)15-16/h4-6H,7H2,1-3H3,(H,18,19). The summed E-state index contributed by atoms with van der Waals surface area (Å²) in [6.07, 6.45) is -0.0936. The van der Waals surface area contributed by atoms with E-state index in [1.807, 2.05) is 0 Å². The monoisotopic (exact) mass is 289 g/mol. The molecule has 0 unspecified atom stereocenters. The van der Waals surface area contributed by atoms with E-state index in [1.165, 1.54) is 6.07 Å². The molecule has 7 heteroatoms. The second-order valence-electron chi connectivity index (χ2n) is 4.86. The maximum absolute atomic E-state index is 10.9. The molecular weight excluding hydrogens is 274 g/mol. The predicted molar refractivity (Wildman–Crippen MR) is 75.8 cm³/mol. The van der Waals surface area contributed by atoms with Gasteiger partial charge in [-0.05, 0) is 32.9 Å². The number of carbonyl (C=O) groups is 1. The largest absolute Gasteiger partial charge is 0.481 e. The second-order valence-corrected chi connectivity index (χ2v) is 4.86. The molecule has 0 aliphatic heterocycles. The van der Waals surface area contributed by atoms with Crippen molar-refractivity contribution in [1.82, 2.24) is 9.78 Å². The van der Waals surface area contributed by atoms with Gasteiger partial charge in [0, 0.05) is 22.9 Å². The van der Waals surface area contributed by atoms with Gasteiger partial charge < -0.3 is 5.11 Å².